The van der Waals surface area contributed by atoms with E-state index in [-0.39, 0.29) is 30.5 Å². The second-order valence-electron chi connectivity index (χ2n) is 7.77. The molecule has 0 spiro atoms. The predicted octanol–water partition coefficient (Wildman–Crippen LogP) is 2.35. The smallest absolute Gasteiger partial charge is 0.267 e. The van der Waals surface area contributed by atoms with E-state index < -0.39 is 0 Å². The van der Waals surface area contributed by atoms with Crippen LogP contribution in [0.15, 0.2) is 71.5 Å². The van der Waals surface area contributed by atoms with Crippen LogP contribution in [0.25, 0.3) is 11.3 Å². The number of para-hydroxylation sites is 1. The average Bonchev–Trinajstić information content (AvgIpc) is 2.83. The van der Waals surface area contributed by atoms with Gasteiger partial charge in [0.05, 0.1) is 22.9 Å². The Morgan fingerprint density at radius 2 is 1.58 bits per heavy atom. The van der Waals surface area contributed by atoms with E-state index in [1.807, 2.05) is 41.3 Å². The molecule has 0 unspecified atom stereocenters. The second kappa shape index (κ2) is 10.4. The van der Waals surface area contributed by atoms with Gasteiger partial charge in [-0.1, -0.05) is 54.1 Å². The van der Waals surface area contributed by atoms with Gasteiger partial charge in [0.2, 0.25) is 11.8 Å². The summed E-state index contributed by atoms with van der Waals surface area (Å²) >= 11 is 6.09. The average molecular weight is 466 g/mol. The summed E-state index contributed by atoms with van der Waals surface area (Å²) in [6, 6.07) is 19.7. The van der Waals surface area contributed by atoms with Gasteiger partial charge in [-0.3, -0.25) is 19.3 Å². The molecule has 2 aromatic carbocycles. The molecule has 0 radical (unpaired) electrons. The van der Waals surface area contributed by atoms with Gasteiger partial charge >= 0.3 is 0 Å². The Labute approximate surface area is 196 Å². The third kappa shape index (κ3) is 5.85. The number of anilines is 1. The summed E-state index contributed by atoms with van der Waals surface area (Å²) in [4.78, 5) is 41.0. The first-order valence-electron chi connectivity index (χ1n) is 10.7. The maximum Gasteiger partial charge on any atom is 0.267 e. The first-order chi connectivity index (χ1) is 16.0. The lowest BCUT2D eigenvalue weighted by atomic mass is 10.1. The number of aromatic nitrogens is 2. The topological polar surface area (TPSA) is 87.5 Å². The third-order valence-electron chi connectivity index (χ3n) is 5.46. The maximum absolute atomic E-state index is 12.8. The summed E-state index contributed by atoms with van der Waals surface area (Å²) in [5.74, 6) is -0.327. The molecule has 4 rings (SSSR count). The summed E-state index contributed by atoms with van der Waals surface area (Å²) in [7, 11) is 0. The van der Waals surface area contributed by atoms with Crippen LogP contribution in [-0.4, -0.2) is 64.1 Å². The molecule has 0 saturated carbocycles. The van der Waals surface area contributed by atoms with E-state index in [1.165, 1.54) is 10.7 Å². The molecular formula is C24H24ClN5O3. The highest BCUT2D eigenvalue weighted by atomic mass is 35.5. The van der Waals surface area contributed by atoms with Crippen molar-refractivity contribution >= 4 is 29.1 Å². The van der Waals surface area contributed by atoms with Crippen molar-refractivity contribution in [2.24, 2.45) is 0 Å². The summed E-state index contributed by atoms with van der Waals surface area (Å²) in [6.07, 6.45) is 0. The van der Waals surface area contributed by atoms with Crippen molar-refractivity contribution in [3.8, 4) is 11.3 Å². The fourth-order valence-electron chi connectivity index (χ4n) is 3.66. The highest BCUT2D eigenvalue weighted by Gasteiger charge is 2.23. The number of carbonyl (C=O) groups is 2. The molecule has 1 aromatic heterocycles. The number of hydrogen-bond acceptors (Lipinski definition) is 5. The number of halogens is 1. The summed E-state index contributed by atoms with van der Waals surface area (Å²) in [6.45, 7) is 2.18. The lowest BCUT2D eigenvalue weighted by Crippen LogP contribution is -2.51. The highest BCUT2D eigenvalue weighted by molar-refractivity contribution is 6.33. The predicted molar refractivity (Wildman–Crippen MR) is 127 cm³/mol. The zero-order valence-electron chi connectivity index (χ0n) is 18.0. The van der Waals surface area contributed by atoms with E-state index >= 15 is 0 Å². The molecule has 0 bridgehead atoms. The molecule has 1 aliphatic heterocycles. The zero-order valence-corrected chi connectivity index (χ0v) is 18.7. The van der Waals surface area contributed by atoms with Gasteiger partial charge in [-0.05, 0) is 18.2 Å². The number of carbonyl (C=O) groups excluding carboxylic acids is 2. The number of amides is 2. The minimum atomic E-state index is -0.321. The van der Waals surface area contributed by atoms with E-state index in [2.05, 4.69) is 10.4 Å². The number of nitrogens with zero attached hydrogens (tertiary/aromatic N) is 4. The molecule has 0 atom stereocenters. The second-order valence-corrected chi connectivity index (χ2v) is 8.17. The minimum Gasteiger partial charge on any atom is -0.339 e. The van der Waals surface area contributed by atoms with Crippen LogP contribution in [0.2, 0.25) is 5.02 Å². The Bertz CT molecular complexity index is 1190. The van der Waals surface area contributed by atoms with Crippen LogP contribution < -0.4 is 10.9 Å². The molecular weight excluding hydrogens is 442 g/mol. The van der Waals surface area contributed by atoms with Gasteiger partial charge in [-0.2, -0.15) is 5.10 Å². The first kappa shape index (κ1) is 22.7. The molecule has 8 nitrogen and oxygen atoms in total. The molecule has 0 aliphatic carbocycles. The van der Waals surface area contributed by atoms with Crippen molar-refractivity contribution in [1.29, 1.82) is 0 Å². The summed E-state index contributed by atoms with van der Waals surface area (Å²) in [5.41, 5.74) is 1.77. The Morgan fingerprint density at radius 3 is 2.30 bits per heavy atom. The number of nitrogens with one attached hydrogen (secondary N) is 1. The van der Waals surface area contributed by atoms with Crippen LogP contribution in [0.5, 0.6) is 0 Å². The minimum absolute atomic E-state index is 0.119. The van der Waals surface area contributed by atoms with E-state index in [9.17, 15) is 14.4 Å². The Morgan fingerprint density at radius 1 is 0.879 bits per heavy atom. The molecule has 9 heteroatoms. The van der Waals surface area contributed by atoms with Crippen molar-refractivity contribution in [2.45, 2.75) is 6.54 Å². The SMILES string of the molecule is O=C(CN1CCN(C(=O)Cn2nc(-c3ccccc3)ccc2=O)CC1)Nc1ccccc1Cl. The molecule has 1 N–H and O–H groups in total. The third-order valence-corrected chi connectivity index (χ3v) is 5.79. The number of hydrogen-bond donors (Lipinski definition) is 1. The van der Waals surface area contributed by atoms with Gasteiger partial charge in [-0.15, -0.1) is 0 Å². The normalized spacial score (nSPS) is 14.2. The largest absolute Gasteiger partial charge is 0.339 e. The molecule has 2 heterocycles. The number of rotatable bonds is 6. The van der Waals surface area contributed by atoms with Crippen LogP contribution in [0, 0.1) is 0 Å². The molecule has 3 aromatic rings. The van der Waals surface area contributed by atoms with Crippen LogP contribution in [0.3, 0.4) is 0 Å². The van der Waals surface area contributed by atoms with E-state index in [0.29, 0.717) is 42.6 Å². The molecule has 33 heavy (non-hydrogen) atoms. The number of piperazine rings is 1. The zero-order chi connectivity index (χ0) is 23.2. The van der Waals surface area contributed by atoms with Gasteiger partial charge in [0, 0.05) is 37.8 Å². The van der Waals surface area contributed by atoms with Crippen molar-refractivity contribution in [1.82, 2.24) is 19.6 Å². The van der Waals surface area contributed by atoms with E-state index in [1.54, 1.807) is 29.2 Å². The van der Waals surface area contributed by atoms with Gasteiger partial charge in [-0.25, -0.2) is 4.68 Å². The lowest BCUT2D eigenvalue weighted by molar-refractivity contribution is -0.134. The lowest BCUT2D eigenvalue weighted by Gasteiger charge is -2.34. The Kier molecular flexibility index (Phi) is 7.16. The van der Waals surface area contributed by atoms with Crippen LogP contribution in [-0.2, 0) is 16.1 Å². The van der Waals surface area contributed by atoms with Crippen molar-refractivity contribution in [3.05, 3.63) is 82.1 Å². The monoisotopic (exact) mass is 465 g/mol. The maximum atomic E-state index is 12.8. The summed E-state index contributed by atoms with van der Waals surface area (Å²) in [5, 5.41) is 7.66. The van der Waals surface area contributed by atoms with Gasteiger partial charge in [0.1, 0.15) is 6.54 Å². The highest BCUT2D eigenvalue weighted by Crippen LogP contribution is 2.20. The van der Waals surface area contributed by atoms with Crippen LogP contribution in [0.4, 0.5) is 5.69 Å². The van der Waals surface area contributed by atoms with Gasteiger partial charge in [0.15, 0.2) is 0 Å². The molecule has 1 aliphatic rings. The van der Waals surface area contributed by atoms with E-state index in [0.717, 1.165) is 5.56 Å². The van der Waals surface area contributed by atoms with E-state index in [4.69, 9.17) is 11.6 Å². The van der Waals surface area contributed by atoms with Crippen molar-refractivity contribution in [3.63, 3.8) is 0 Å². The molecule has 1 fully saturated rings. The molecule has 1 saturated heterocycles. The van der Waals surface area contributed by atoms with Crippen molar-refractivity contribution in [2.75, 3.05) is 38.0 Å². The summed E-state index contributed by atoms with van der Waals surface area (Å²) < 4.78 is 1.20. The number of benzene rings is 2. The Hall–Kier alpha value is -3.49. The standard InChI is InChI=1S/C24H24ClN5O3/c25-19-8-4-5-9-21(19)26-22(31)16-28-12-14-29(15-13-28)24(33)17-30-23(32)11-10-20(27-30)18-6-2-1-3-7-18/h1-11H,12-17H2,(H,26,31). The Balaban J connectivity index is 1.30. The van der Waals surface area contributed by atoms with Gasteiger partial charge in [0.25, 0.3) is 5.56 Å². The quantitative estimate of drug-likeness (QED) is 0.603. The first-order valence-corrected chi connectivity index (χ1v) is 11.1. The fraction of sp³-hybridized carbons (Fsp3) is 0.250. The van der Waals surface area contributed by atoms with Crippen LogP contribution in [0.1, 0.15) is 0 Å². The molecule has 2 amide bonds. The van der Waals surface area contributed by atoms with Crippen LogP contribution >= 0.6 is 11.6 Å². The van der Waals surface area contributed by atoms with Crippen molar-refractivity contribution < 1.29 is 9.59 Å². The molecule has 170 valence electrons. The van der Waals surface area contributed by atoms with Gasteiger partial charge < -0.3 is 10.2 Å². The fourth-order valence-corrected chi connectivity index (χ4v) is 3.85.